The minimum absolute atomic E-state index is 0.373. The molecule has 0 radical (unpaired) electrons. The highest BCUT2D eigenvalue weighted by Crippen LogP contribution is 2.04. The Hall–Kier alpha value is -1.16. The summed E-state index contributed by atoms with van der Waals surface area (Å²) < 4.78 is 0. The number of aromatic nitrogens is 2. The molecule has 64 valence electrons. The van der Waals surface area contributed by atoms with E-state index in [9.17, 15) is 4.79 Å². The van der Waals surface area contributed by atoms with E-state index < -0.39 is 11.3 Å². The van der Waals surface area contributed by atoms with E-state index in [1.807, 2.05) is 0 Å². The summed E-state index contributed by atoms with van der Waals surface area (Å²) in [6, 6.07) is 0. The average Bonchev–Trinajstić information content (AvgIpc) is 2.06. The van der Waals surface area contributed by atoms with Gasteiger partial charge in [0.25, 0.3) is 0 Å². The van der Waals surface area contributed by atoms with Crippen LogP contribution < -0.4 is 5.73 Å². The number of carbonyl (C=O) groups excluding carboxylic acids is 1. The lowest BCUT2D eigenvalue weighted by Crippen LogP contribution is -2.25. The molecule has 1 aromatic heterocycles. The van der Waals surface area contributed by atoms with Crippen molar-refractivity contribution in [1.29, 1.82) is 0 Å². The van der Waals surface area contributed by atoms with Gasteiger partial charge >= 0.3 is 0 Å². The molecule has 0 spiro atoms. The topological polar surface area (TPSA) is 68.9 Å². The van der Waals surface area contributed by atoms with E-state index in [4.69, 9.17) is 17.3 Å². The number of carbonyl (C=O) groups is 1. The second-order valence-electron chi connectivity index (χ2n) is 2.32. The molecular weight excluding hydrogens is 178 g/mol. The van der Waals surface area contributed by atoms with Crippen LogP contribution in [0.4, 0.5) is 0 Å². The molecule has 1 heterocycles. The number of rotatable bonds is 3. The minimum Gasteiger partial charge on any atom is -0.368 e. The standard InChI is InChI=1S/C7H8ClN3O/c8-6(7(9)12)1-5-2-10-4-11-3-5/h2-4,6H,1H2,(H2,9,12). The van der Waals surface area contributed by atoms with Gasteiger partial charge in [-0.05, 0) is 5.56 Å². The summed E-state index contributed by atoms with van der Waals surface area (Å²) in [6.07, 6.45) is 4.99. The molecule has 12 heavy (non-hydrogen) atoms. The van der Waals surface area contributed by atoms with E-state index >= 15 is 0 Å². The normalized spacial score (nSPS) is 12.4. The van der Waals surface area contributed by atoms with Gasteiger partial charge in [0.1, 0.15) is 11.7 Å². The first-order valence-electron chi connectivity index (χ1n) is 3.37. The molecule has 1 atom stereocenters. The molecule has 0 bridgehead atoms. The molecule has 1 rings (SSSR count). The molecule has 5 heteroatoms. The summed E-state index contributed by atoms with van der Waals surface area (Å²) in [5.41, 5.74) is 5.77. The molecule has 2 N–H and O–H groups in total. The molecule has 4 nitrogen and oxygen atoms in total. The Kier molecular flexibility index (Phi) is 2.99. The molecule has 0 aromatic carbocycles. The largest absolute Gasteiger partial charge is 0.368 e. The van der Waals surface area contributed by atoms with Gasteiger partial charge in [-0.3, -0.25) is 4.79 Å². The van der Waals surface area contributed by atoms with Crippen molar-refractivity contribution in [2.75, 3.05) is 0 Å². The highest BCUT2D eigenvalue weighted by Gasteiger charge is 2.11. The van der Waals surface area contributed by atoms with Gasteiger partial charge in [-0.2, -0.15) is 0 Å². The summed E-state index contributed by atoms with van der Waals surface area (Å²) in [4.78, 5) is 18.1. The number of hydrogen-bond acceptors (Lipinski definition) is 3. The molecule has 0 aliphatic heterocycles. The Balaban J connectivity index is 2.58. The maximum Gasteiger partial charge on any atom is 0.235 e. The highest BCUT2D eigenvalue weighted by atomic mass is 35.5. The number of nitrogens with two attached hydrogens (primary N) is 1. The van der Waals surface area contributed by atoms with Crippen LogP contribution in [-0.4, -0.2) is 21.3 Å². The fourth-order valence-electron chi connectivity index (χ4n) is 0.743. The lowest BCUT2D eigenvalue weighted by Gasteiger charge is -2.02. The molecule has 0 saturated carbocycles. The second kappa shape index (κ2) is 4.01. The van der Waals surface area contributed by atoms with E-state index in [1.165, 1.54) is 6.33 Å². The average molecular weight is 186 g/mol. The summed E-state index contributed by atoms with van der Waals surface area (Å²) in [7, 11) is 0. The van der Waals surface area contributed by atoms with Crippen LogP contribution in [0, 0.1) is 0 Å². The van der Waals surface area contributed by atoms with E-state index in [2.05, 4.69) is 9.97 Å². The number of amides is 1. The Morgan fingerprint density at radius 3 is 2.67 bits per heavy atom. The zero-order valence-corrected chi connectivity index (χ0v) is 7.03. The molecule has 0 aliphatic rings. The Morgan fingerprint density at radius 2 is 2.17 bits per heavy atom. The van der Waals surface area contributed by atoms with Crippen LogP contribution in [0.15, 0.2) is 18.7 Å². The Bertz CT molecular complexity index is 265. The van der Waals surface area contributed by atoms with E-state index in [0.29, 0.717) is 6.42 Å². The molecule has 1 amide bonds. The molecular formula is C7H8ClN3O. The van der Waals surface area contributed by atoms with Crippen LogP contribution in [0.5, 0.6) is 0 Å². The van der Waals surface area contributed by atoms with Gasteiger partial charge in [-0.1, -0.05) is 0 Å². The van der Waals surface area contributed by atoms with Crippen molar-refractivity contribution >= 4 is 17.5 Å². The van der Waals surface area contributed by atoms with Crippen LogP contribution in [0.3, 0.4) is 0 Å². The van der Waals surface area contributed by atoms with Crippen LogP contribution in [0.1, 0.15) is 5.56 Å². The molecule has 1 unspecified atom stereocenters. The maximum absolute atomic E-state index is 10.6. The predicted molar refractivity (Wildman–Crippen MR) is 44.6 cm³/mol. The zero-order valence-electron chi connectivity index (χ0n) is 6.27. The second-order valence-corrected chi connectivity index (χ2v) is 2.85. The number of primary amides is 1. The third-order valence-electron chi connectivity index (χ3n) is 1.34. The van der Waals surface area contributed by atoms with Crippen molar-refractivity contribution < 1.29 is 4.79 Å². The summed E-state index contributed by atoms with van der Waals surface area (Å²) in [5.74, 6) is -0.527. The fraction of sp³-hybridized carbons (Fsp3) is 0.286. The van der Waals surface area contributed by atoms with E-state index in [0.717, 1.165) is 5.56 Å². The van der Waals surface area contributed by atoms with Crippen LogP contribution in [0.2, 0.25) is 0 Å². The number of nitrogens with zero attached hydrogens (tertiary/aromatic N) is 2. The van der Waals surface area contributed by atoms with Crippen molar-refractivity contribution in [1.82, 2.24) is 9.97 Å². The zero-order chi connectivity index (χ0) is 8.97. The van der Waals surface area contributed by atoms with Crippen LogP contribution >= 0.6 is 11.6 Å². The first kappa shape index (κ1) is 8.93. The summed E-state index contributed by atoms with van der Waals surface area (Å²) in [6.45, 7) is 0. The predicted octanol–water partition coefficient (Wildman–Crippen LogP) is 0.112. The maximum atomic E-state index is 10.6. The van der Waals surface area contributed by atoms with Crippen molar-refractivity contribution in [3.8, 4) is 0 Å². The molecule has 0 fully saturated rings. The first-order chi connectivity index (χ1) is 5.70. The fourth-order valence-corrected chi connectivity index (χ4v) is 0.921. The quantitative estimate of drug-likeness (QED) is 0.680. The van der Waals surface area contributed by atoms with Gasteiger partial charge < -0.3 is 5.73 Å². The van der Waals surface area contributed by atoms with Crippen molar-refractivity contribution in [3.63, 3.8) is 0 Å². The van der Waals surface area contributed by atoms with Gasteiger partial charge in [0.15, 0.2) is 0 Å². The third kappa shape index (κ3) is 2.47. The lowest BCUT2D eigenvalue weighted by molar-refractivity contribution is -0.117. The van der Waals surface area contributed by atoms with Gasteiger partial charge in [0, 0.05) is 18.8 Å². The van der Waals surface area contributed by atoms with E-state index in [-0.39, 0.29) is 0 Å². The van der Waals surface area contributed by atoms with Gasteiger partial charge in [0.05, 0.1) is 0 Å². The number of hydrogen-bond donors (Lipinski definition) is 1. The Labute approximate surface area is 74.8 Å². The number of alkyl halides is 1. The van der Waals surface area contributed by atoms with Crippen molar-refractivity contribution in [2.45, 2.75) is 11.8 Å². The molecule has 0 saturated heterocycles. The van der Waals surface area contributed by atoms with Gasteiger partial charge in [-0.25, -0.2) is 9.97 Å². The van der Waals surface area contributed by atoms with Crippen molar-refractivity contribution in [2.24, 2.45) is 5.73 Å². The minimum atomic E-state index is -0.684. The van der Waals surface area contributed by atoms with Gasteiger partial charge in [-0.15, -0.1) is 11.6 Å². The highest BCUT2D eigenvalue weighted by molar-refractivity contribution is 6.30. The first-order valence-corrected chi connectivity index (χ1v) is 3.81. The van der Waals surface area contributed by atoms with Crippen LogP contribution in [0.25, 0.3) is 0 Å². The van der Waals surface area contributed by atoms with E-state index in [1.54, 1.807) is 12.4 Å². The smallest absolute Gasteiger partial charge is 0.235 e. The summed E-state index contributed by atoms with van der Waals surface area (Å²) in [5, 5.41) is -0.684. The van der Waals surface area contributed by atoms with Crippen LogP contribution in [-0.2, 0) is 11.2 Å². The molecule has 1 aromatic rings. The van der Waals surface area contributed by atoms with Crippen molar-refractivity contribution in [3.05, 3.63) is 24.3 Å². The van der Waals surface area contributed by atoms with Gasteiger partial charge in [0.2, 0.25) is 5.91 Å². The monoisotopic (exact) mass is 185 g/mol. The SMILES string of the molecule is NC(=O)C(Cl)Cc1cncnc1. The lowest BCUT2D eigenvalue weighted by atomic mass is 10.2. The number of halogens is 1. The third-order valence-corrected chi connectivity index (χ3v) is 1.71. The Morgan fingerprint density at radius 1 is 1.58 bits per heavy atom. The molecule has 0 aliphatic carbocycles. The summed E-state index contributed by atoms with van der Waals surface area (Å²) >= 11 is 5.62.